The summed E-state index contributed by atoms with van der Waals surface area (Å²) in [4.78, 5) is 12.1. The second-order valence-corrected chi connectivity index (χ2v) is 6.39. The second-order valence-electron chi connectivity index (χ2n) is 6.39. The molecule has 0 radical (unpaired) electrons. The van der Waals surface area contributed by atoms with Gasteiger partial charge in [0.15, 0.2) is 11.6 Å². The molecule has 1 N–H and O–H groups in total. The molecule has 26 heavy (non-hydrogen) atoms. The normalized spacial score (nSPS) is 21.2. The molecule has 0 aliphatic carbocycles. The third-order valence-electron chi connectivity index (χ3n) is 4.62. The van der Waals surface area contributed by atoms with Crippen LogP contribution in [-0.4, -0.2) is 30.9 Å². The highest BCUT2D eigenvalue weighted by Gasteiger charge is 2.49. The molecule has 5 heteroatoms. The Morgan fingerprint density at radius 1 is 0.923 bits per heavy atom. The van der Waals surface area contributed by atoms with Gasteiger partial charge in [-0.25, -0.2) is 0 Å². The van der Waals surface area contributed by atoms with E-state index < -0.39 is 11.4 Å². The number of Topliss-reactive ketones (excluding diaryl/α,β-unsaturated/α-hetero) is 1. The maximum atomic E-state index is 12.1. The van der Waals surface area contributed by atoms with Gasteiger partial charge in [-0.2, -0.15) is 0 Å². The smallest absolute Gasteiger partial charge is 0.194 e. The first-order valence-electron chi connectivity index (χ1n) is 8.28. The van der Waals surface area contributed by atoms with Gasteiger partial charge in [-0.1, -0.05) is 24.3 Å². The molecule has 1 heterocycles. The summed E-state index contributed by atoms with van der Waals surface area (Å²) in [7, 11) is 3.19. The Kier molecular flexibility index (Phi) is 4.61. The van der Waals surface area contributed by atoms with Crippen LogP contribution in [0.5, 0.6) is 11.5 Å². The van der Waals surface area contributed by atoms with Crippen molar-refractivity contribution in [3.8, 4) is 11.5 Å². The van der Waals surface area contributed by atoms with Crippen LogP contribution < -0.4 is 9.47 Å². The summed E-state index contributed by atoms with van der Waals surface area (Å²) in [6.45, 7) is 2.90. The zero-order valence-corrected chi connectivity index (χ0v) is 15.3. The van der Waals surface area contributed by atoms with Gasteiger partial charge < -0.3 is 19.3 Å². The fourth-order valence-corrected chi connectivity index (χ4v) is 3.29. The number of hydrogen-bond acceptors (Lipinski definition) is 5. The van der Waals surface area contributed by atoms with E-state index in [0.29, 0.717) is 11.5 Å². The largest absolute Gasteiger partial charge is 0.497 e. The molecule has 0 fully saturated rings. The highest BCUT2D eigenvalue weighted by molar-refractivity contribution is 5.95. The van der Waals surface area contributed by atoms with Crippen LogP contribution in [0.25, 0.3) is 0 Å². The number of carbonyl (C=O) groups is 1. The zero-order valence-electron chi connectivity index (χ0n) is 15.3. The number of benzene rings is 2. The zero-order chi connectivity index (χ0) is 18.9. The lowest BCUT2D eigenvalue weighted by molar-refractivity contribution is -0.193. The van der Waals surface area contributed by atoms with Crippen molar-refractivity contribution in [2.45, 2.75) is 25.2 Å². The van der Waals surface area contributed by atoms with E-state index >= 15 is 0 Å². The maximum Gasteiger partial charge on any atom is 0.194 e. The second kappa shape index (κ2) is 6.59. The van der Waals surface area contributed by atoms with Gasteiger partial charge in [-0.15, -0.1) is 0 Å². The first kappa shape index (κ1) is 18.2. The minimum absolute atomic E-state index is 0.226. The summed E-state index contributed by atoms with van der Waals surface area (Å²) in [6.07, 6.45) is 1.69. The Morgan fingerprint density at radius 3 is 1.65 bits per heavy atom. The molecular formula is C21H22O5. The van der Waals surface area contributed by atoms with Gasteiger partial charge >= 0.3 is 0 Å². The predicted octanol–water partition coefficient (Wildman–Crippen LogP) is 3.20. The van der Waals surface area contributed by atoms with E-state index in [1.807, 2.05) is 48.5 Å². The third kappa shape index (κ3) is 3.00. The van der Waals surface area contributed by atoms with Crippen molar-refractivity contribution in [3.05, 3.63) is 71.3 Å². The first-order valence-corrected chi connectivity index (χ1v) is 8.28. The van der Waals surface area contributed by atoms with Crippen LogP contribution in [0.15, 0.2) is 60.2 Å². The van der Waals surface area contributed by atoms with Crippen molar-refractivity contribution in [2.75, 3.05) is 14.2 Å². The van der Waals surface area contributed by atoms with E-state index in [0.717, 1.165) is 11.1 Å². The van der Waals surface area contributed by atoms with Gasteiger partial charge in [0.05, 0.1) is 19.8 Å². The van der Waals surface area contributed by atoms with Crippen LogP contribution in [0, 0.1) is 0 Å². The van der Waals surface area contributed by atoms with Crippen LogP contribution in [0.2, 0.25) is 0 Å². The van der Waals surface area contributed by atoms with Crippen LogP contribution in [-0.2, 0) is 15.1 Å². The molecule has 136 valence electrons. The number of carbonyl (C=O) groups excluding carboxylic acids is 1. The van der Waals surface area contributed by atoms with Crippen LogP contribution in [0.3, 0.4) is 0 Å². The Balaban J connectivity index is 2.20. The lowest BCUT2D eigenvalue weighted by Gasteiger charge is -2.32. The molecule has 3 rings (SSSR count). The number of ether oxygens (including phenoxy) is 3. The van der Waals surface area contributed by atoms with Crippen LogP contribution >= 0.6 is 0 Å². The Bertz CT molecular complexity index is 784. The molecule has 5 nitrogen and oxygen atoms in total. The van der Waals surface area contributed by atoms with E-state index in [1.165, 1.54) is 13.8 Å². The molecule has 0 aromatic heterocycles. The maximum absolute atomic E-state index is 12.1. The summed E-state index contributed by atoms with van der Waals surface area (Å²) >= 11 is 0. The Morgan fingerprint density at radius 2 is 1.35 bits per heavy atom. The molecule has 0 saturated heterocycles. The lowest BCUT2D eigenvalue weighted by atomic mass is 9.85. The van der Waals surface area contributed by atoms with E-state index in [9.17, 15) is 9.90 Å². The molecular weight excluding hydrogens is 332 g/mol. The average molecular weight is 354 g/mol. The van der Waals surface area contributed by atoms with Crippen molar-refractivity contribution < 1.29 is 24.1 Å². The van der Waals surface area contributed by atoms with Gasteiger partial charge in [0, 0.05) is 0 Å². The van der Waals surface area contributed by atoms with Crippen LogP contribution in [0.1, 0.15) is 25.0 Å². The lowest BCUT2D eigenvalue weighted by Crippen LogP contribution is -2.36. The van der Waals surface area contributed by atoms with Crippen LogP contribution in [0.4, 0.5) is 0 Å². The van der Waals surface area contributed by atoms with Gasteiger partial charge in [0.1, 0.15) is 17.1 Å². The van der Waals surface area contributed by atoms with Crippen molar-refractivity contribution in [3.63, 3.8) is 0 Å². The standard InChI is InChI=1S/C21H22O5/c1-14(22)19-13-21(26-20(19,2)23,15-5-9-17(24-3)10-6-15)16-7-11-18(25-4)12-8-16/h5-13,23H,1-4H3. The van der Waals surface area contributed by atoms with E-state index in [-0.39, 0.29) is 11.4 Å². The number of hydrogen-bond donors (Lipinski definition) is 1. The number of ketones is 1. The minimum Gasteiger partial charge on any atom is -0.497 e. The van der Waals surface area contributed by atoms with Gasteiger partial charge in [-0.05, 0) is 55.3 Å². The summed E-state index contributed by atoms with van der Waals surface area (Å²) < 4.78 is 16.5. The van der Waals surface area contributed by atoms with Crippen molar-refractivity contribution in [2.24, 2.45) is 0 Å². The van der Waals surface area contributed by atoms with Gasteiger partial charge in [0.2, 0.25) is 0 Å². The van der Waals surface area contributed by atoms with Gasteiger partial charge in [0.25, 0.3) is 0 Å². The molecule has 1 aliphatic heterocycles. The number of aliphatic hydroxyl groups is 1. The number of methoxy groups -OCH3 is 2. The minimum atomic E-state index is -1.69. The van der Waals surface area contributed by atoms with E-state index in [2.05, 4.69) is 0 Å². The summed E-state index contributed by atoms with van der Waals surface area (Å²) in [5.74, 6) is -0.511. The van der Waals surface area contributed by atoms with E-state index in [4.69, 9.17) is 14.2 Å². The fourth-order valence-electron chi connectivity index (χ4n) is 3.29. The molecule has 0 bridgehead atoms. The van der Waals surface area contributed by atoms with Crippen molar-refractivity contribution in [1.29, 1.82) is 0 Å². The molecule has 1 unspecified atom stereocenters. The summed E-state index contributed by atoms with van der Waals surface area (Å²) in [6, 6.07) is 14.7. The number of rotatable bonds is 5. The van der Waals surface area contributed by atoms with Gasteiger partial charge in [-0.3, -0.25) is 4.79 Å². The Hall–Kier alpha value is -2.63. The molecule has 0 spiro atoms. The molecule has 1 aliphatic rings. The summed E-state index contributed by atoms with van der Waals surface area (Å²) in [5.41, 5.74) is 0.687. The molecule has 2 aromatic carbocycles. The predicted molar refractivity (Wildman–Crippen MR) is 97.2 cm³/mol. The highest BCUT2D eigenvalue weighted by Crippen LogP contribution is 2.47. The molecule has 0 saturated carbocycles. The first-order chi connectivity index (χ1) is 12.3. The molecule has 0 amide bonds. The van der Waals surface area contributed by atoms with E-state index in [1.54, 1.807) is 20.3 Å². The fraction of sp³-hybridized carbons (Fsp3) is 0.286. The monoisotopic (exact) mass is 354 g/mol. The van der Waals surface area contributed by atoms with Crippen molar-refractivity contribution in [1.82, 2.24) is 0 Å². The third-order valence-corrected chi connectivity index (χ3v) is 4.62. The molecule has 1 atom stereocenters. The quantitative estimate of drug-likeness (QED) is 0.893. The molecule has 2 aromatic rings. The topological polar surface area (TPSA) is 65.0 Å². The SMILES string of the molecule is COc1ccc(C2(c3ccc(OC)cc3)C=C(C(C)=O)C(C)(O)O2)cc1. The Labute approximate surface area is 152 Å². The van der Waals surface area contributed by atoms with Crippen molar-refractivity contribution >= 4 is 5.78 Å². The average Bonchev–Trinajstić information content (AvgIpc) is 2.94. The summed E-state index contributed by atoms with van der Waals surface area (Å²) in [5, 5.41) is 10.7. The highest BCUT2D eigenvalue weighted by atomic mass is 16.6.